The largest absolute Gasteiger partial charge is 0.335 e. The van der Waals surface area contributed by atoms with E-state index in [4.69, 9.17) is 0 Å². The van der Waals surface area contributed by atoms with Crippen molar-refractivity contribution in [3.05, 3.63) is 59.9 Å². The van der Waals surface area contributed by atoms with E-state index in [0.717, 1.165) is 50.2 Å². The van der Waals surface area contributed by atoms with Crippen molar-refractivity contribution in [2.24, 2.45) is 7.05 Å². The number of nitrogens with zero attached hydrogens (tertiary/aromatic N) is 7. The molecule has 1 aliphatic rings. The normalized spacial score (nSPS) is 15.2. The molecule has 0 radical (unpaired) electrons. The zero-order chi connectivity index (χ0) is 21.6. The first-order chi connectivity index (χ1) is 15.1. The van der Waals surface area contributed by atoms with E-state index >= 15 is 0 Å². The lowest BCUT2D eigenvalue weighted by atomic mass is 10.0. The average Bonchev–Trinajstić information content (AvgIpc) is 3.26. The highest BCUT2D eigenvalue weighted by atomic mass is 16.2. The SMILES string of the molecule is CCN1CCC(N(CCc2ccccn2)C(=O)c2ccc(-c3nnn(C)n3)cc2)CC1. The van der Waals surface area contributed by atoms with Crippen LogP contribution in [0.4, 0.5) is 0 Å². The Morgan fingerprint density at radius 3 is 2.52 bits per heavy atom. The summed E-state index contributed by atoms with van der Waals surface area (Å²) in [6, 6.07) is 13.7. The molecule has 1 amide bonds. The number of rotatable bonds is 7. The van der Waals surface area contributed by atoms with Crippen molar-refractivity contribution in [3.8, 4) is 11.4 Å². The van der Waals surface area contributed by atoms with Gasteiger partial charge in [0.1, 0.15) is 0 Å². The third-order valence-electron chi connectivity index (χ3n) is 5.94. The van der Waals surface area contributed by atoms with Crippen molar-refractivity contribution in [3.63, 3.8) is 0 Å². The Bertz CT molecular complexity index is 979. The molecule has 8 heteroatoms. The van der Waals surface area contributed by atoms with Gasteiger partial charge in [0.25, 0.3) is 5.91 Å². The zero-order valence-electron chi connectivity index (χ0n) is 18.2. The smallest absolute Gasteiger partial charge is 0.254 e. The minimum atomic E-state index is 0.0736. The standard InChI is InChI=1S/C23H29N7O/c1-3-29-15-12-21(13-16-29)30(17-11-20-6-4-5-14-24-20)23(31)19-9-7-18(8-10-19)22-25-27-28(2)26-22/h4-10,14,21H,3,11-13,15-17H2,1-2H3. The zero-order valence-corrected chi connectivity index (χ0v) is 18.2. The highest BCUT2D eigenvalue weighted by molar-refractivity contribution is 5.94. The summed E-state index contributed by atoms with van der Waals surface area (Å²) >= 11 is 0. The van der Waals surface area contributed by atoms with Crippen molar-refractivity contribution in [1.29, 1.82) is 0 Å². The van der Waals surface area contributed by atoms with Crippen LogP contribution in [0.25, 0.3) is 11.4 Å². The number of tetrazole rings is 1. The highest BCUT2D eigenvalue weighted by Crippen LogP contribution is 2.21. The molecule has 0 spiro atoms. The molecule has 1 saturated heterocycles. The van der Waals surface area contributed by atoms with Crippen LogP contribution >= 0.6 is 0 Å². The Morgan fingerprint density at radius 2 is 1.90 bits per heavy atom. The fourth-order valence-electron chi connectivity index (χ4n) is 4.11. The number of pyridine rings is 1. The highest BCUT2D eigenvalue weighted by Gasteiger charge is 2.28. The van der Waals surface area contributed by atoms with Gasteiger partial charge in [0.05, 0.1) is 7.05 Å². The van der Waals surface area contributed by atoms with E-state index in [1.807, 2.05) is 42.5 Å². The number of aromatic nitrogens is 5. The fourth-order valence-corrected chi connectivity index (χ4v) is 4.11. The van der Waals surface area contributed by atoms with E-state index in [2.05, 4.69) is 37.1 Å². The molecule has 0 unspecified atom stereocenters. The number of aryl methyl sites for hydroxylation is 1. The molecule has 3 aromatic rings. The van der Waals surface area contributed by atoms with Gasteiger partial charge in [-0.2, -0.15) is 4.80 Å². The van der Waals surface area contributed by atoms with Gasteiger partial charge in [-0.3, -0.25) is 9.78 Å². The van der Waals surface area contributed by atoms with Gasteiger partial charge in [-0.25, -0.2) is 0 Å². The van der Waals surface area contributed by atoms with Crippen LogP contribution < -0.4 is 0 Å². The van der Waals surface area contributed by atoms with Crippen molar-refractivity contribution >= 4 is 5.91 Å². The van der Waals surface area contributed by atoms with Crippen LogP contribution in [0.5, 0.6) is 0 Å². The van der Waals surface area contributed by atoms with Crippen molar-refractivity contribution in [2.75, 3.05) is 26.2 Å². The second-order valence-electron chi connectivity index (χ2n) is 7.91. The van der Waals surface area contributed by atoms with Gasteiger partial charge in [0.2, 0.25) is 5.82 Å². The maximum atomic E-state index is 13.5. The first-order valence-corrected chi connectivity index (χ1v) is 10.9. The second kappa shape index (κ2) is 9.78. The van der Waals surface area contributed by atoms with Gasteiger partial charge < -0.3 is 9.80 Å². The first-order valence-electron chi connectivity index (χ1n) is 10.9. The van der Waals surface area contributed by atoms with E-state index in [-0.39, 0.29) is 11.9 Å². The quantitative estimate of drug-likeness (QED) is 0.585. The number of benzene rings is 1. The van der Waals surface area contributed by atoms with Crippen molar-refractivity contribution < 1.29 is 4.79 Å². The molecule has 4 rings (SSSR count). The topological polar surface area (TPSA) is 80.0 Å². The van der Waals surface area contributed by atoms with Crippen molar-refractivity contribution in [1.82, 2.24) is 35.0 Å². The summed E-state index contributed by atoms with van der Waals surface area (Å²) in [5, 5.41) is 12.1. The monoisotopic (exact) mass is 419 g/mol. The molecule has 0 aliphatic carbocycles. The number of carbonyl (C=O) groups is 1. The molecule has 0 atom stereocenters. The van der Waals surface area contributed by atoms with Gasteiger partial charge in [-0.1, -0.05) is 25.1 Å². The Hall–Kier alpha value is -3.13. The minimum absolute atomic E-state index is 0.0736. The number of hydrogen-bond acceptors (Lipinski definition) is 6. The van der Waals surface area contributed by atoms with Gasteiger partial charge in [0, 0.05) is 55.1 Å². The minimum Gasteiger partial charge on any atom is -0.335 e. The summed E-state index contributed by atoms with van der Waals surface area (Å²) in [6.07, 6.45) is 4.56. The van der Waals surface area contributed by atoms with Crippen LogP contribution in [0, 0.1) is 0 Å². The molecule has 3 heterocycles. The summed E-state index contributed by atoms with van der Waals surface area (Å²) in [4.78, 5) is 23.9. The first kappa shape index (κ1) is 21.1. The van der Waals surface area contributed by atoms with Crippen LogP contribution in [0.1, 0.15) is 35.8 Å². The fraction of sp³-hybridized carbons (Fsp3) is 0.435. The van der Waals surface area contributed by atoms with E-state index in [9.17, 15) is 4.79 Å². The molecule has 162 valence electrons. The molecular weight excluding hydrogens is 390 g/mol. The van der Waals surface area contributed by atoms with Crippen LogP contribution in [0.2, 0.25) is 0 Å². The Kier molecular flexibility index (Phi) is 6.66. The molecule has 1 fully saturated rings. The maximum Gasteiger partial charge on any atom is 0.254 e. The summed E-state index contributed by atoms with van der Waals surface area (Å²) in [5.41, 5.74) is 2.54. The van der Waals surface area contributed by atoms with Crippen LogP contribution in [-0.4, -0.2) is 73.1 Å². The lowest BCUT2D eigenvalue weighted by Gasteiger charge is -2.38. The Labute approximate surface area is 182 Å². The van der Waals surface area contributed by atoms with E-state index < -0.39 is 0 Å². The molecule has 0 N–H and O–H groups in total. The Balaban J connectivity index is 1.51. The predicted molar refractivity (Wildman–Crippen MR) is 118 cm³/mol. The average molecular weight is 420 g/mol. The lowest BCUT2D eigenvalue weighted by Crippen LogP contribution is -2.48. The third kappa shape index (κ3) is 5.14. The summed E-state index contributed by atoms with van der Waals surface area (Å²) < 4.78 is 0. The molecule has 8 nitrogen and oxygen atoms in total. The molecule has 0 bridgehead atoms. The third-order valence-corrected chi connectivity index (χ3v) is 5.94. The molecular formula is C23H29N7O. The summed E-state index contributed by atoms with van der Waals surface area (Å²) in [6.45, 7) is 5.99. The molecule has 2 aromatic heterocycles. The van der Waals surface area contributed by atoms with Gasteiger partial charge in [-0.15, -0.1) is 10.2 Å². The number of piperidine rings is 1. The summed E-state index contributed by atoms with van der Waals surface area (Å²) in [7, 11) is 1.73. The predicted octanol–water partition coefficient (Wildman–Crippen LogP) is 2.44. The summed E-state index contributed by atoms with van der Waals surface area (Å²) in [5.74, 6) is 0.630. The van der Waals surface area contributed by atoms with E-state index in [1.165, 1.54) is 4.80 Å². The maximum absolute atomic E-state index is 13.5. The van der Waals surface area contributed by atoms with Gasteiger partial charge >= 0.3 is 0 Å². The molecule has 31 heavy (non-hydrogen) atoms. The number of amides is 1. The van der Waals surface area contributed by atoms with E-state index in [1.54, 1.807) is 13.2 Å². The lowest BCUT2D eigenvalue weighted by molar-refractivity contribution is 0.0579. The number of likely N-dealkylation sites (tertiary alicyclic amines) is 1. The van der Waals surface area contributed by atoms with Crippen LogP contribution in [0.15, 0.2) is 48.7 Å². The number of carbonyl (C=O) groups excluding carboxylic acids is 1. The van der Waals surface area contributed by atoms with Gasteiger partial charge in [0.15, 0.2) is 0 Å². The Morgan fingerprint density at radius 1 is 1.13 bits per heavy atom. The van der Waals surface area contributed by atoms with Crippen LogP contribution in [0.3, 0.4) is 0 Å². The second-order valence-corrected chi connectivity index (χ2v) is 7.91. The van der Waals surface area contributed by atoms with Gasteiger partial charge in [-0.05, 0) is 48.9 Å². The molecule has 0 saturated carbocycles. The van der Waals surface area contributed by atoms with Crippen molar-refractivity contribution in [2.45, 2.75) is 32.2 Å². The van der Waals surface area contributed by atoms with Crippen LogP contribution in [-0.2, 0) is 13.5 Å². The number of hydrogen-bond donors (Lipinski definition) is 0. The molecule has 1 aliphatic heterocycles. The van der Waals surface area contributed by atoms with E-state index in [0.29, 0.717) is 17.9 Å². The molecule has 1 aromatic carbocycles.